The number of carbonyl (C=O) groups excluding carboxylic acids is 1. The molecule has 5 heteroatoms. The number of nitrogens with one attached hydrogen (secondary N) is 1. The van der Waals surface area contributed by atoms with Gasteiger partial charge >= 0.3 is 0 Å². The lowest BCUT2D eigenvalue weighted by atomic mass is 9.67. The van der Waals surface area contributed by atoms with Gasteiger partial charge in [0.1, 0.15) is 17.3 Å². The Balaban J connectivity index is 1.84. The summed E-state index contributed by atoms with van der Waals surface area (Å²) < 4.78 is 5.36. The summed E-state index contributed by atoms with van der Waals surface area (Å²) in [4.78, 5) is 15.7. The van der Waals surface area contributed by atoms with Crippen LogP contribution < -0.4 is 9.64 Å². The summed E-state index contributed by atoms with van der Waals surface area (Å²) in [6, 6.07) is 26.5. The standard InChI is InChI=1S/C31H30N2O3/c1-31(2)18-24-27(25(34)19-31)26(20-14-16-23(36-3)17-15-20)28(29(35)21-10-6-4-7-11-21)30(32)33(24)22-12-8-5-9-13-22/h4-17,26,32,35H,18-19H2,1-3H3/b29-28+,32-30?. The Morgan fingerprint density at radius 3 is 2.17 bits per heavy atom. The fourth-order valence-corrected chi connectivity index (χ4v) is 5.36. The van der Waals surface area contributed by atoms with Crippen LogP contribution >= 0.6 is 0 Å². The second-order valence-corrected chi connectivity index (χ2v) is 10.2. The molecule has 1 unspecified atom stereocenters. The van der Waals surface area contributed by atoms with Crippen molar-refractivity contribution in [2.45, 2.75) is 32.6 Å². The van der Waals surface area contributed by atoms with Gasteiger partial charge in [-0.25, -0.2) is 0 Å². The molecule has 0 fully saturated rings. The second-order valence-electron chi connectivity index (χ2n) is 10.2. The van der Waals surface area contributed by atoms with Gasteiger partial charge in [0.25, 0.3) is 0 Å². The first kappa shape index (κ1) is 23.6. The van der Waals surface area contributed by atoms with Crippen molar-refractivity contribution in [3.05, 3.63) is 113 Å². The molecule has 182 valence electrons. The fraction of sp³-hybridized carbons (Fsp3) is 0.226. The Kier molecular flexibility index (Phi) is 6.00. The Morgan fingerprint density at radius 1 is 0.944 bits per heavy atom. The van der Waals surface area contributed by atoms with Crippen LogP contribution in [0.1, 0.15) is 43.7 Å². The number of ketones is 1. The van der Waals surface area contributed by atoms with Gasteiger partial charge in [0.05, 0.1) is 7.11 Å². The number of hydrogen-bond donors (Lipinski definition) is 2. The quantitative estimate of drug-likeness (QED) is 0.401. The molecule has 1 aliphatic heterocycles. The van der Waals surface area contributed by atoms with E-state index >= 15 is 0 Å². The number of aliphatic hydroxyl groups is 1. The maximum atomic E-state index is 13.9. The van der Waals surface area contributed by atoms with Gasteiger partial charge in [-0.05, 0) is 41.7 Å². The monoisotopic (exact) mass is 478 g/mol. The van der Waals surface area contributed by atoms with E-state index in [1.165, 1.54) is 0 Å². The zero-order valence-electron chi connectivity index (χ0n) is 20.8. The van der Waals surface area contributed by atoms with Crippen LogP contribution in [0.2, 0.25) is 0 Å². The van der Waals surface area contributed by atoms with Gasteiger partial charge in [0.15, 0.2) is 5.78 Å². The number of rotatable bonds is 4. The maximum Gasteiger partial charge on any atom is 0.162 e. The van der Waals surface area contributed by atoms with Gasteiger partial charge in [-0.2, -0.15) is 0 Å². The molecule has 2 aliphatic rings. The highest BCUT2D eigenvalue weighted by atomic mass is 16.5. The largest absolute Gasteiger partial charge is 0.507 e. The first-order valence-electron chi connectivity index (χ1n) is 12.1. The van der Waals surface area contributed by atoms with Crippen LogP contribution in [-0.4, -0.2) is 23.8 Å². The molecule has 0 saturated heterocycles. The van der Waals surface area contributed by atoms with Crippen molar-refractivity contribution in [1.29, 1.82) is 5.41 Å². The Morgan fingerprint density at radius 2 is 1.56 bits per heavy atom. The number of Topliss-reactive ketones (excluding diaryl/α,β-unsaturated/α-hetero) is 1. The minimum atomic E-state index is -0.567. The lowest BCUT2D eigenvalue weighted by Crippen LogP contribution is -2.45. The molecule has 2 N–H and O–H groups in total. The zero-order valence-corrected chi connectivity index (χ0v) is 20.8. The van der Waals surface area contributed by atoms with Gasteiger partial charge in [-0.1, -0.05) is 74.5 Å². The van der Waals surface area contributed by atoms with Gasteiger partial charge in [0.2, 0.25) is 0 Å². The predicted molar refractivity (Wildman–Crippen MR) is 143 cm³/mol. The summed E-state index contributed by atoms with van der Waals surface area (Å²) in [5.74, 6) is 0.369. The number of anilines is 1. The lowest BCUT2D eigenvalue weighted by Gasteiger charge is -2.45. The lowest BCUT2D eigenvalue weighted by molar-refractivity contribution is -0.118. The first-order chi connectivity index (χ1) is 17.3. The van der Waals surface area contributed by atoms with Gasteiger partial charge in [-0.15, -0.1) is 0 Å². The minimum Gasteiger partial charge on any atom is -0.507 e. The van der Waals surface area contributed by atoms with Crippen LogP contribution in [0.3, 0.4) is 0 Å². The van der Waals surface area contributed by atoms with Crippen molar-refractivity contribution in [2.24, 2.45) is 5.41 Å². The van der Waals surface area contributed by atoms with Crippen molar-refractivity contribution in [2.75, 3.05) is 12.0 Å². The average Bonchev–Trinajstić information content (AvgIpc) is 2.88. The molecule has 3 aromatic rings. The van der Waals surface area contributed by atoms with Crippen molar-refractivity contribution in [3.8, 4) is 5.75 Å². The van der Waals surface area contributed by atoms with Gasteiger partial charge in [0, 0.05) is 40.4 Å². The van der Waals surface area contributed by atoms with Crippen molar-refractivity contribution >= 4 is 23.1 Å². The number of ether oxygens (including phenoxy) is 1. The molecule has 0 radical (unpaired) electrons. The van der Waals surface area contributed by atoms with E-state index in [1.54, 1.807) is 7.11 Å². The number of amidine groups is 1. The number of aliphatic hydroxyl groups excluding tert-OH is 1. The van der Waals surface area contributed by atoms with Gasteiger partial charge < -0.3 is 9.84 Å². The van der Waals surface area contributed by atoms with E-state index in [1.807, 2.05) is 89.8 Å². The maximum absolute atomic E-state index is 13.9. The average molecular weight is 479 g/mol. The zero-order chi connectivity index (χ0) is 25.4. The molecular formula is C31H30N2O3. The minimum absolute atomic E-state index is 0.00605. The predicted octanol–water partition coefficient (Wildman–Crippen LogP) is 6.89. The first-order valence-corrected chi connectivity index (χ1v) is 12.1. The van der Waals surface area contributed by atoms with Crippen LogP contribution in [0, 0.1) is 10.8 Å². The van der Waals surface area contributed by atoms with Crippen LogP contribution in [0.4, 0.5) is 5.69 Å². The number of methoxy groups -OCH3 is 1. The molecule has 5 nitrogen and oxygen atoms in total. The topological polar surface area (TPSA) is 73.6 Å². The van der Waals surface area contributed by atoms with Crippen molar-refractivity contribution < 1.29 is 14.6 Å². The Hall–Kier alpha value is -4.12. The third-order valence-electron chi connectivity index (χ3n) is 6.99. The van der Waals surface area contributed by atoms with Crippen LogP contribution in [0.5, 0.6) is 5.75 Å². The normalized spacial score (nSPS) is 20.8. The fourth-order valence-electron chi connectivity index (χ4n) is 5.36. The highest BCUT2D eigenvalue weighted by molar-refractivity contribution is 6.19. The summed E-state index contributed by atoms with van der Waals surface area (Å²) in [7, 11) is 1.61. The van der Waals surface area contributed by atoms with Crippen LogP contribution in [-0.2, 0) is 4.79 Å². The molecule has 36 heavy (non-hydrogen) atoms. The summed E-state index contributed by atoms with van der Waals surface area (Å²) in [6.07, 6.45) is 1.06. The third-order valence-corrected chi connectivity index (χ3v) is 6.99. The Labute approximate surface area is 211 Å². The SMILES string of the molecule is COc1ccc(C2C3=C(CC(C)(C)CC3=O)N(c3ccccc3)C(=N)/C2=C(/O)c2ccccc2)cc1. The molecule has 1 aliphatic carbocycles. The molecule has 5 rings (SSSR count). The number of carbonyl (C=O) groups is 1. The second kappa shape index (κ2) is 9.15. The number of hydrogen-bond acceptors (Lipinski definition) is 4. The molecule has 0 spiro atoms. The molecule has 0 saturated carbocycles. The molecule has 1 heterocycles. The number of allylic oxidation sites excluding steroid dienone is 2. The molecule has 0 bridgehead atoms. The highest BCUT2D eigenvalue weighted by Crippen LogP contribution is 2.51. The van der Waals surface area contributed by atoms with E-state index in [0.29, 0.717) is 35.3 Å². The summed E-state index contributed by atoms with van der Waals surface area (Å²) in [5.41, 5.74) is 3.91. The smallest absolute Gasteiger partial charge is 0.162 e. The molecule has 0 aromatic heterocycles. The molecule has 1 atom stereocenters. The summed E-state index contributed by atoms with van der Waals surface area (Å²) in [5, 5.41) is 21.1. The molecule has 3 aromatic carbocycles. The van der Waals surface area contributed by atoms with Crippen molar-refractivity contribution in [3.63, 3.8) is 0 Å². The van der Waals surface area contributed by atoms with E-state index in [0.717, 1.165) is 16.9 Å². The number of benzene rings is 3. The van der Waals surface area contributed by atoms with E-state index in [2.05, 4.69) is 13.8 Å². The Bertz CT molecular complexity index is 1370. The van der Waals surface area contributed by atoms with Crippen LogP contribution in [0.25, 0.3) is 5.76 Å². The van der Waals surface area contributed by atoms with Crippen molar-refractivity contribution in [1.82, 2.24) is 0 Å². The molecular weight excluding hydrogens is 448 g/mol. The van der Waals surface area contributed by atoms with E-state index < -0.39 is 5.92 Å². The van der Waals surface area contributed by atoms with E-state index in [9.17, 15) is 15.3 Å². The van der Waals surface area contributed by atoms with Crippen LogP contribution in [0.15, 0.2) is 102 Å². The number of para-hydroxylation sites is 1. The number of nitrogens with zero attached hydrogens (tertiary/aromatic N) is 1. The summed E-state index contributed by atoms with van der Waals surface area (Å²) in [6.45, 7) is 4.19. The van der Waals surface area contributed by atoms with E-state index in [-0.39, 0.29) is 22.8 Å². The molecule has 0 amide bonds. The highest BCUT2D eigenvalue weighted by Gasteiger charge is 2.46. The summed E-state index contributed by atoms with van der Waals surface area (Å²) >= 11 is 0. The van der Waals surface area contributed by atoms with Gasteiger partial charge in [-0.3, -0.25) is 15.1 Å². The van der Waals surface area contributed by atoms with E-state index in [4.69, 9.17) is 4.74 Å². The third kappa shape index (κ3) is 4.11.